The molecule has 0 atom stereocenters. The van der Waals surface area contributed by atoms with Crippen LogP contribution in [0.2, 0.25) is 9.49 Å². The quantitative estimate of drug-likeness (QED) is 0.654. The zero-order valence-electron chi connectivity index (χ0n) is 7.30. The Morgan fingerprint density at radius 2 is 2.14 bits per heavy atom. The summed E-state index contributed by atoms with van der Waals surface area (Å²) in [6, 6.07) is 0. The summed E-state index contributed by atoms with van der Waals surface area (Å²) in [5.74, 6) is 0. The molecule has 0 saturated carbocycles. The van der Waals surface area contributed by atoms with Crippen molar-refractivity contribution >= 4 is 52.3 Å². The molecule has 1 aromatic heterocycles. The molecule has 0 amide bonds. The minimum atomic E-state index is -0.0693. The van der Waals surface area contributed by atoms with E-state index in [1.54, 1.807) is 0 Å². The van der Waals surface area contributed by atoms with Crippen LogP contribution in [-0.4, -0.2) is 10.1 Å². The summed E-state index contributed by atoms with van der Waals surface area (Å²) in [5, 5.41) is 1.23. The molecule has 0 bridgehead atoms. The molecular weight excluding hydrogens is 261 g/mol. The van der Waals surface area contributed by atoms with E-state index in [1.165, 1.54) is 11.3 Å². The van der Waals surface area contributed by atoms with Crippen molar-refractivity contribution in [3.63, 3.8) is 0 Å². The predicted molar refractivity (Wildman–Crippen MR) is 63.7 cm³/mol. The molecule has 6 heteroatoms. The summed E-state index contributed by atoms with van der Waals surface area (Å²) in [4.78, 5) is 14.6. The largest absolute Gasteiger partial charge is 0.288 e. The van der Waals surface area contributed by atoms with Gasteiger partial charge in [0.2, 0.25) is 0 Å². The normalized spacial score (nSPS) is 10.5. The number of aromatic nitrogens is 1. The van der Waals surface area contributed by atoms with Crippen LogP contribution in [0.1, 0.15) is 24.3 Å². The van der Waals surface area contributed by atoms with E-state index in [1.807, 2.05) is 0 Å². The fourth-order valence-corrected chi connectivity index (χ4v) is 2.44. The Morgan fingerprint density at radius 3 is 2.64 bits per heavy atom. The van der Waals surface area contributed by atoms with E-state index < -0.39 is 0 Å². The van der Waals surface area contributed by atoms with E-state index in [0.717, 1.165) is 24.3 Å². The highest BCUT2D eigenvalue weighted by atomic mass is 35.5. The number of carbonyl (C=O) groups is 1. The fraction of sp³-hybridized carbons (Fsp3) is 0.500. The number of thiol groups is 1. The second-order valence-corrected chi connectivity index (χ2v) is 5.32. The number of hydrogen-bond donors (Lipinski definition) is 1. The zero-order valence-corrected chi connectivity index (χ0v) is 10.5. The molecule has 0 fully saturated rings. The number of carbonyl (C=O) groups excluding carboxylic acids is 1. The molecule has 0 saturated heterocycles. The standard InChI is InChI=1S/C8H9Cl2NOS2/c9-7-8(10)14-5(11-7)3-1-2-4-6(12)13/h1-4H2,(H,12,13). The van der Waals surface area contributed by atoms with Crippen molar-refractivity contribution in [2.45, 2.75) is 25.7 Å². The van der Waals surface area contributed by atoms with Gasteiger partial charge in [0.05, 0.1) is 5.01 Å². The van der Waals surface area contributed by atoms with Crippen molar-refractivity contribution in [1.82, 2.24) is 4.98 Å². The Bertz CT molecular complexity index is 308. The topological polar surface area (TPSA) is 30.0 Å². The number of aryl methyl sites for hydroxylation is 1. The summed E-state index contributed by atoms with van der Waals surface area (Å²) in [6.45, 7) is 0. The number of nitrogens with zero attached hydrogens (tertiary/aromatic N) is 1. The Kier molecular flexibility index (Phi) is 5.23. The van der Waals surface area contributed by atoms with Crippen LogP contribution in [0.3, 0.4) is 0 Å². The molecule has 0 aliphatic heterocycles. The molecule has 0 radical (unpaired) electrons. The van der Waals surface area contributed by atoms with Gasteiger partial charge in [-0.15, -0.1) is 24.0 Å². The fourth-order valence-electron chi connectivity index (χ4n) is 0.981. The van der Waals surface area contributed by atoms with Crippen molar-refractivity contribution in [3.8, 4) is 0 Å². The first-order valence-electron chi connectivity index (χ1n) is 4.12. The lowest BCUT2D eigenvalue weighted by atomic mass is 10.2. The first-order chi connectivity index (χ1) is 6.59. The first-order valence-corrected chi connectivity index (χ1v) is 6.14. The summed E-state index contributed by atoms with van der Waals surface area (Å²) in [6.07, 6.45) is 3.07. The third-order valence-electron chi connectivity index (χ3n) is 1.62. The third kappa shape index (κ3) is 4.17. The lowest BCUT2D eigenvalue weighted by molar-refractivity contribution is -0.110. The molecule has 0 aliphatic carbocycles. The summed E-state index contributed by atoms with van der Waals surface area (Å²) < 4.78 is 0.534. The highest BCUT2D eigenvalue weighted by Crippen LogP contribution is 2.28. The van der Waals surface area contributed by atoms with E-state index in [-0.39, 0.29) is 5.12 Å². The van der Waals surface area contributed by atoms with Crippen LogP contribution in [0.5, 0.6) is 0 Å². The van der Waals surface area contributed by atoms with Crippen LogP contribution in [0.15, 0.2) is 0 Å². The molecular formula is C8H9Cl2NOS2. The van der Waals surface area contributed by atoms with Crippen molar-refractivity contribution in [2.75, 3.05) is 0 Å². The van der Waals surface area contributed by atoms with Gasteiger partial charge in [0.1, 0.15) is 4.34 Å². The van der Waals surface area contributed by atoms with Crippen LogP contribution >= 0.6 is 47.2 Å². The monoisotopic (exact) mass is 269 g/mol. The van der Waals surface area contributed by atoms with Gasteiger partial charge < -0.3 is 0 Å². The van der Waals surface area contributed by atoms with Crippen molar-refractivity contribution in [1.29, 1.82) is 0 Å². The molecule has 0 aliphatic rings. The summed E-state index contributed by atoms with van der Waals surface area (Å²) >= 11 is 16.5. The molecule has 14 heavy (non-hydrogen) atoms. The van der Waals surface area contributed by atoms with Gasteiger partial charge in [-0.3, -0.25) is 4.79 Å². The maximum Gasteiger partial charge on any atom is 0.185 e. The highest BCUT2D eigenvalue weighted by Gasteiger charge is 2.06. The number of hydrogen-bond acceptors (Lipinski definition) is 3. The third-order valence-corrected chi connectivity index (χ3v) is 3.64. The van der Waals surface area contributed by atoms with E-state index >= 15 is 0 Å². The van der Waals surface area contributed by atoms with E-state index in [9.17, 15) is 4.79 Å². The minimum absolute atomic E-state index is 0.0693. The van der Waals surface area contributed by atoms with E-state index in [0.29, 0.717) is 15.9 Å². The van der Waals surface area contributed by atoms with E-state index in [4.69, 9.17) is 23.2 Å². The Balaban J connectivity index is 2.28. The molecule has 1 heterocycles. The number of thiazole rings is 1. The van der Waals surface area contributed by atoms with Gasteiger partial charge in [-0.1, -0.05) is 23.2 Å². The van der Waals surface area contributed by atoms with Crippen molar-refractivity contribution in [3.05, 3.63) is 14.5 Å². The van der Waals surface area contributed by atoms with Gasteiger partial charge in [-0.25, -0.2) is 4.98 Å². The average molecular weight is 270 g/mol. The minimum Gasteiger partial charge on any atom is -0.288 e. The summed E-state index contributed by atoms with van der Waals surface area (Å²) in [5.41, 5.74) is 0. The number of halogens is 2. The molecule has 0 unspecified atom stereocenters. The lowest BCUT2D eigenvalue weighted by Crippen LogP contribution is -1.88. The van der Waals surface area contributed by atoms with E-state index in [2.05, 4.69) is 17.6 Å². The van der Waals surface area contributed by atoms with Crippen LogP contribution in [-0.2, 0) is 11.2 Å². The maximum absolute atomic E-state index is 10.5. The van der Waals surface area contributed by atoms with Gasteiger partial charge in [-0.05, 0) is 19.3 Å². The zero-order chi connectivity index (χ0) is 10.6. The van der Waals surface area contributed by atoms with Crippen LogP contribution in [0.25, 0.3) is 0 Å². The average Bonchev–Trinajstić information content (AvgIpc) is 2.40. The van der Waals surface area contributed by atoms with Crippen molar-refractivity contribution in [2.24, 2.45) is 0 Å². The van der Waals surface area contributed by atoms with Crippen LogP contribution in [0, 0.1) is 0 Å². The Labute approximate surface area is 102 Å². The molecule has 1 aromatic rings. The SMILES string of the molecule is O=C(S)CCCCc1nc(Cl)c(Cl)s1. The van der Waals surface area contributed by atoms with Gasteiger partial charge in [0.25, 0.3) is 0 Å². The number of unbranched alkanes of at least 4 members (excludes halogenated alkanes) is 1. The first kappa shape index (κ1) is 12.3. The maximum atomic E-state index is 10.5. The second-order valence-electron chi connectivity index (χ2n) is 2.77. The second kappa shape index (κ2) is 5.95. The molecule has 2 nitrogen and oxygen atoms in total. The molecule has 0 spiro atoms. The van der Waals surface area contributed by atoms with Crippen molar-refractivity contribution < 1.29 is 4.79 Å². The van der Waals surface area contributed by atoms with Crippen LogP contribution < -0.4 is 0 Å². The summed E-state index contributed by atoms with van der Waals surface area (Å²) in [7, 11) is 0. The number of rotatable bonds is 5. The smallest absolute Gasteiger partial charge is 0.185 e. The molecule has 78 valence electrons. The Morgan fingerprint density at radius 1 is 1.43 bits per heavy atom. The van der Waals surface area contributed by atoms with Gasteiger partial charge in [-0.2, -0.15) is 0 Å². The molecule has 0 N–H and O–H groups in total. The van der Waals surface area contributed by atoms with Crippen LogP contribution in [0.4, 0.5) is 0 Å². The van der Waals surface area contributed by atoms with Gasteiger partial charge in [0.15, 0.2) is 10.3 Å². The van der Waals surface area contributed by atoms with Gasteiger partial charge in [0, 0.05) is 6.42 Å². The Hall–Kier alpha value is 0.230. The highest BCUT2D eigenvalue weighted by molar-refractivity contribution is 7.96. The predicted octanol–water partition coefficient (Wildman–Crippen LogP) is 3.62. The molecule has 1 rings (SSSR count). The lowest BCUT2D eigenvalue weighted by Gasteiger charge is -1.94. The molecule has 0 aromatic carbocycles. The van der Waals surface area contributed by atoms with Gasteiger partial charge >= 0.3 is 0 Å².